The summed E-state index contributed by atoms with van der Waals surface area (Å²) >= 11 is 1.86. The zero-order valence-electron chi connectivity index (χ0n) is 9.73. The molecule has 0 nitrogen and oxygen atoms in total. The van der Waals surface area contributed by atoms with Crippen molar-refractivity contribution in [3.05, 3.63) is 48.5 Å². The van der Waals surface area contributed by atoms with Gasteiger partial charge in [-0.15, -0.1) is 11.3 Å². The van der Waals surface area contributed by atoms with Gasteiger partial charge in [-0.05, 0) is 12.1 Å². The summed E-state index contributed by atoms with van der Waals surface area (Å²) in [6.45, 7) is 0. The Morgan fingerprint density at radius 3 is 1.64 bits per heavy atom. The summed E-state index contributed by atoms with van der Waals surface area (Å²) in [5.41, 5.74) is 0. The standard InChI is InChI=1S/C12H8S.Be.2H/c1-3-7-11-9(5-1)10-6-2-4-8-12(10)13-11;;;/h1-8H;;;/q;+2;2*-1. The Kier molecular flexibility index (Phi) is 2.37. The quantitative estimate of drug-likeness (QED) is 0.477. The van der Waals surface area contributed by atoms with E-state index in [1.807, 2.05) is 11.3 Å². The van der Waals surface area contributed by atoms with Gasteiger partial charge in [-0.3, -0.25) is 0 Å². The molecule has 0 unspecified atom stereocenters. The third-order valence-corrected chi connectivity index (χ3v) is 3.44. The molecule has 0 aliphatic heterocycles. The Balaban J connectivity index is 0.000000750. The van der Waals surface area contributed by atoms with Crippen molar-refractivity contribution >= 4 is 41.6 Å². The summed E-state index contributed by atoms with van der Waals surface area (Å²) in [6, 6.07) is 17.1. The monoisotopic (exact) mass is 195 g/mol. The van der Waals surface area contributed by atoms with E-state index in [0.717, 1.165) is 0 Å². The first-order chi connectivity index (χ1) is 6.45. The van der Waals surface area contributed by atoms with Crippen LogP contribution in [0.25, 0.3) is 20.2 Å². The van der Waals surface area contributed by atoms with Crippen molar-refractivity contribution in [3.8, 4) is 0 Å². The molecule has 0 atom stereocenters. The molecule has 0 spiro atoms. The maximum Gasteiger partial charge on any atom is 2.00 e. The maximum atomic E-state index is 2.19. The fourth-order valence-corrected chi connectivity index (χ4v) is 2.78. The molecule has 66 valence electrons. The normalized spacial score (nSPS) is 10.3. The van der Waals surface area contributed by atoms with Crippen LogP contribution in [0.15, 0.2) is 48.5 Å². The molecule has 0 fully saturated rings. The predicted molar refractivity (Wildman–Crippen MR) is 67.3 cm³/mol. The Morgan fingerprint density at radius 2 is 1.14 bits per heavy atom. The van der Waals surface area contributed by atoms with E-state index in [2.05, 4.69) is 48.5 Å². The van der Waals surface area contributed by atoms with Crippen LogP contribution in [0.5, 0.6) is 0 Å². The topological polar surface area (TPSA) is 0 Å². The van der Waals surface area contributed by atoms with Gasteiger partial charge in [0.15, 0.2) is 0 Å². The van der Waals surface area contributed by atoms with E-state index in [-0.39, 0.29) is 13.0 Å². The molecule has 0 bridgehead atoms. The van der Waals surface area contributed by atoms with Crippen LogP contribution in [-0.2, 0) is 0 Å². The van der Waals surface area contributed by atoms with Gasteiger partial charge < -0.3 is 2.85 Å². The second-order valence-corrected chi connectivity index (χ2v) is 4.18. The van der Waals surface area contributed by atoms with Gasteiger partial charge in [0, 0.05) is 20.2 Å². The fraction of sp³-hybridized carbons (Fsp3) is 0. The minimum Gasteiger partial charge on any atom is -1.00 e. The Morgan fingerprint density at radius 1 is 0.714 bits per heavy atom. The number of hydrogen-bond acceptors (Lipinski definition) is 1. The molecule has 1 aromatic heterocycles. The second kappa shape index (κ2) is 3.53. The number of thiophene rings is 1. The van der Waals surface area contributed by atoms with Gasteiger partial charge in [-0.1, -0.05) is 36.4 Å². The van der Waals surface area contributed by atoms with Crippen LogP contribution in [0, 0.1) is 0 Å². The molecule has 14 heavy (non-hydrogen) atoms. The molecule has 2 heteroatoms. The molecule has 0 N–H and O–H groups in total. The zero-order valence-corrected chi connectivity index (χ0v) is 8.55. The fourth-order valence-electron chi connectivity index (χ4n) is 1.67. The number of hydrogen-bond donors (Lipinski definition) is 0. The van der Waals surface area contributed by atoms with Crippen LogP contribution in [0.2, 0.25) is 0 Å². The van der Waals surface area contributed by atoms with Gasteiger partial charge in [0.1, 0.15) is 0 Å². The first-order valence-corrected chi connectivity index (χ1v) is 5.13. The van der Waals surface area contributed by atoms with Crippen molar-refractivity contribution in [1.82, 2.24) is 0 Å². The molecule has 2 aromatic carbocycles. The zero-order chi connectivity index (χ0) is 8.67. The van der Waals surface area contributed by atoms with Crippen LogP contribution in [-0.4, -0.2) is 10.1 Å². The van der Waals surface area contributed by atoms with Crippen molar-refractivity contribution in [3.63, 3.8) is 0 Å². The van der Waals surface area contributed by atoms with Gasteiger partial charge >= 0.3 is 10.1 Å². The first-order valence-electron chi connectivity index (χ1n) is 4.31. The third kappa shape index (κ3) is 1.26. The van der Waals surface area contributed by atoms with E-state index in [1.54, 1.807) is 0 Å². The summed E-state index contributed by atoms with van der Waals surface area (Å²) in [4.78, 5) is 0. The summed E-state index contributed by atoms with van der Waals surface area (Å²) in [7, 11) is 0. The first kappa shape index (κ1) is 9.39. The van der Waals surface area contributed by atoms with Crippen molar-refractivity contribution in [1.29, 1.82) is 0 Å². The Bertz CT molecular complexity index is 527. The van der Waals surface area contributed by atoms with Gasteiger partial charge in [0.05, 0.1) is 0 Å². The van der Waals surface area contributed by atoms with Crippen LogP contribution >= 0.6 is 11.3 Å². The second-order valence-electron chi connectivity index (χ2n) is 3.09. The van der Waals surface area contributed by atoms with Crippen molar-refractivity contribution in [2.75, 3.05) is 0 Å². The van der Waals surface area contributed by atoms with E-state index in [9.17, 15) is 0 Å². The van der Waals surface area contributed by atoms with Crippen LogP contribution in [0.3, 0.4) is 0 Å². The molecular formula is C12H10BeS. The van der Waals surface area contributed by atoms with Gasteiger partial charge in [0.25, 0.3) is 0 Å². The molecule has 0 saturated heterocycles. The summed E-state index contributed by atoms with van der Waals surface area (Å²) in [6.07, 6.45) is 0. The minimum absolute atomic E-state index is 0. The van der Waals surface area contributed by atoms with Crippen LogP contribution in [0.4, 0.5) is 0 Å². The van der Waals surface area contributed by atoms with Crippen LogP contribution < -0.4 is 0 Å². The molecule has 3 aromatic rings. The molecule has 0 radical (unpaired) electrons. The van der Waals surface area contributed by atoms with Gasteiger partial charge in [-0.2, -0.15) is 0 Å². The molecule has 3 rings (SSSR count). The van der Waals surface area contributed by atoms with Crippen molar-refractivity contribution in [2.45, 2.75) is 0 Å². The smallest absolute Gasteiger partial charge is 1.00 e. The van der Waals surface area contributed by atoms with Crippen molar-refractivity contribution in [2.24, 2.45) is 0 Å². The Labute approximate surface area is 93.4 Å². The largest absolute Gasteiger partial charge is 2.00 e. The minimum atomic E-state index is 0. The molecule has 0 amide bonds. The maximum absolute atomic E-state index is 2.19. The summed E-state index contributed by atoms with van der Waals surface area (Å²) in [5, 5.41) is 2.76. The molecule has 0 aliphatic carbocycles. The SMILES string of the molecule is [Be+2].[H-].[H-].c1ccc2c(c1)sc1ccccc12. The van der Waals surface area contributed by atoms with E-state index in [4.69, 9.17) is 0 Å². The van der Waals surface area contributed by atoms with E-state index in [1.165, 1.54) is 20.2 Å². The molecule has 1 heterocycles. The van der Waals surface area contributed by atoms with E-state index >= 15 is 0 Å². The van der Waals surface area contributed by atoms with Gasteiger partial charge in [0.2, 0.25) is 0 Å². The Hall–Kier alpha value is -1.17. The predicted octanol–water partition coefficient (Wildman–Crippen LogP) is 3.90. The van der Waals surface area contributed by atoms with E-state index in [0.29, 0.717) is 0 Å². The van der Waals surface area contributed by atoms with E-state index < -0.39 is 0 Å². The number of benzene rings is 2. The van der Waals surface area contributed by atoms with Crippen LogP contribution in [0.1, 0.15) is 2.85 Å². The van der Waals surface area contributed by atoms with Gasteiger partial charge in [-0.25, -0.2) is 0 Å². The average Bonchev–Trinajstić information content (AvgIpc) is 2.56. The number of fused-ring (bicyclic) bond motifs is 3. The number of rotatable bonds is 0. The summed E-state index contributed by atoms with van der Waals surface area (Å²) < 4.78 is 2.76. The molecule has 0 aliphatic rings. The van der Waals surface area contributed by atoms with Crippen molar-refractivity contribution < 1.29 is 2.85 Å². The average molecular weight is 195 g/mol. The molecule has 0 saturated carbocycles. The third-order valence-electron chi connectivity index (χ3n) is 2.28. The summed E-state index contributed by atoms with van der Waals surface area (Å²) in [5.74, 6) is 0. The molecular weight excluding hydrogens is 185 g/mol.